The van der Waals surface area contributed by atoms with Gasteiger partial charge in [-0.05, 0) is 44.2 Å². The van der Waals surface area contributed by atoms with Crippen LogP contribution in [0.2, 0.25) is 0 Å². The van der Waals surface area contributed by atoms with Gasteiger partial charge < -0.3 is 5.32 Å². The molecule has 0 heterocycles. The van der Waals surface area contributed by atoms with Crippen LogP contribution in [0, 0.1) is 5.92 Å². The molecule has 2 rings (SSSR count). The largest absolute Gasteiger partial charge is 0.310 e. The van der Waals surface area contributed by atoms with Gasteiger partial charge in [-0.15, -0.1) is 0 Å². The van der Waals surface area contributed by atoms with Crippen molar-refractivity contribution in [3.05, 3.63) is 48.0 Å². The van der Waals surface area contributed by atoms with Gasteiger partial charge in [0.15, 0.2) is 0 Å². The molecule has 0 spiro atoms. The maximum absolute atomic E-state index is 3.63. The average molecular weight is 215 g/mol. The summed E-state index contributed by atoms with van der Waals surface area (Å²) in [5.41, 5.74) is 1.38. The zero-order valence-corrected chi connectivity index (χ0v) is 10.0. The van der Waals surface area contributed by atoms with Crippen molar-refractivity contribution < 1.29 is 0 Å². The Morgan fingerprint density at radius 3 is 2.75 bits per heavy atom. The van der Waals surface area contributed by atoms with Crippen molar-refractivity contribution in [2.24, 2.45) is 5.92 Å². The van der Waals surface area contributed by atoms with E-state index in [1.54, 1.807) is 0 Å². The summed E-state index contributed by atoms with van der Waals surface area (Å²) >= 11 is 0. The number of hydrogen-bond donors (Lipinski definition) is 1. The van der Waals surface area contributed by atoms with E-state index in [2.05, 4.69) is 54.7 Å². The fourth-order valence-corrected chi connectivity index (χ4v) is 2.24. The summed E-state index contributed by atoms with van der Waals surface area (Å²) < 4.78 is 0. The third-order valence-corrected chi connectivity index (χ3v) is 3.39. The second-order valence-corrected chi connectivity index (χ2v) is 4.69. The van der Waals surface area contributed by atoms with E-state index in [1.807, 2.05) is 0 Å². The number of hydrogen-bond acceptors (Lipinski definition) is 1. The summed E-state index contributed by atoms with van der Waals surface area (Å²) in [6, 6.07) is 11.1. The van der Waals surface area contributed by atoms with E-state index >= 15 is 0 Å². The van der Waals surface area contributed by atoms with Crippen molar-refractivity contribution in [1.82, 2.24) is 5.32 Å². The summed E-state index contributed by atoms with van der Waals surface area (Å²) in [6.45, 7) is 3.38. The lowest BCUT2D eigenvalue weighted by atomic mass is 9.94. The highest BCUT2D eigenvalue weighted by Gasteiger charge is 2.11. The molecule has 0 unspecified atom stereocenters. The molecular weight excluding hydrogens is 194 g/mol. The van der Waals surface area contributed by atoms with Crippen molar-refractivity contribution in [3.63, 3.8) is 0 Å². The van der Waals surface area contributed by atoms with Crippen LogP contribution in [0.25, 0.3) is 0 Å². The van der Waals surface area contributed by atoms with Crippen LogP contribution >= 0.6 is 0 Å². The lowest BCUT2D eigenvalue weighted by molar-refractivity contribution is 0.415. The second kappa shape index (κ2) is 5.86. The minimum absolute atomic E-state index is 0.465. The van der Waals surface area contributed by atoms with Crippen LogP contribution in [-0.2, 0) is 0 Å². The Labute approximate surface area is 98.6 Å². The Bertz CT molecular complexity index is 329. The smallest absolute Gasteiger partial charge is 0.0291 e. The van der Waals surface area contributed by atoms with Crippen LogP contribution in [0.15, 0.2) is 42.5 Å². The molecule has 1 N–H and O–H groups in total. The highest BCUT2D eigenvalue weighted by molar-refractivity contribution is 5.18. The first-order chi connectivity index (χ1) is 7.86. The van der Waals surface area contributed by atoms with Gasteiger partial charge in [0.25, 0.3) is 0 Å². The van der Waals surface area contributed by atoms with E-state index in [-0.39, 0.29) is 0 Å². The Kier molecular flexibility index (Phi) is 4.17. The van der Waals surface area contributed by atoms with Crippen LogP contribution < -0.4 is 5.32 Å². The molecule has 0 bridgehead atoms. The summed E-state index contributed by atoms with van der Waals surface area (Å²) in [4.78, 5) is 0. The number of rotatable bonds is 4. The molecule has 0 aromatic heterocycles. The van der Waals surface area contributed by atoms with Gasteiger partial charge in [-0.25, -0.2) is 0 Å². The van der Waals surface area contributed by atoms with Crippen molar-refractivity contribution in [2.75, 3.05) is 6.54 Å². The number of nitrogens with one attached hydrogen (secondary N) is 1. The van der Waals surface area contributed by atoms with Crippen molar-refractivity contribution >= 4 is 0 Å². The average Bonchev–Trinajstić information content (AvgIpc) is 2.38. The molecule has 0 saturated carbocycles. The fraction of sp³-hybridized carbons (Fsp3) is 0.467. The Morgan fingerprint density at radius 1 is 1.25 bits per heavy atom. The third-order valence-electron chi connectivity index (χ3n) is 3.39. The highest BCUT2D eigenvalue weighted by atomic mass is 14.9. The van der Waals surface area contributed by atoms with Crippen molar-refractivity contribution in [2.45, 2.75) is 32.2 Å². The van der Waals surface area contributed by atoms with Crippen LogP contribution in [0.3, 0.4) is 0 Å². The lowest BCUT2D eigenvalue weighted by Gasteiger charge is -2.21. The van der Waals surface area contributed by atoms with Gasteiger partial charge in [0.2, 0.25) is 0 Å². The molecule has 86 valence electrons. The van der Waals surface area contributed by atoms with Gasteiger partial charge in [-0.1, -0.05) is 42.5 Å². The van der Waals surface area contributed by atoms with Crippen molar-refractivity contribution in [3.8, 4) is 0 Å². The van der Waals surface area contributed by atoms with Gasteiger partial charge in [0, 0.05) is 6.04 Å². The third kappa shape index (κ3) is 3.21. The van der Waals surface area contributed by atoms with Crippen LogP contribution in [0.1, 0.15) is 37.8 Å². The van der Waals surface area contributed by atoms with Crippen LogP contribution in [-0.4, -0.2) is 6.54 Å². The maximum atomic E-state index is 3.63. The summed E-state index contributed by atoms with van der Waals surface area (Å²) in [5.74, 6) is 0.830. The van der Waals surface area contributed by atoms with Crippen molar-refractivity contribution in [1.29, 1.82) is 0 Å². The predicted octanol–water partition coefficient (Wildman–Crippen LogP) is 3.69. The van der Waals surface area contributed by atoms with E-state index in [1.165, 1.54) is 24.8 Å². The van der Waals surface area contributed by atoms with E-state index in [9.17, 15) is 0 Å². The first-order valence-electron chi connectivity index (χ1n) is 6.29. The summed E-state index contributed by atoms with van der Waals surface area (Å²) in [6.07, 6.45) is 8.46. The first-order valence-corrected chi connectivity index (χ1v) is 6.29. The molecule has 1 aliphatic rings. The summed E-state index contributed by atoms with van der Waals surface area (Å²) in [7, 11) is 0. The SMILES string of the molecule is C[C@@H](NC[C@@H]1CC=CCC1)c1ccccc1. The van der Waals surface area contributed by atoms with Crippen LogP contribution in [0.5, 0.6) is 0 Å². The molecule has 1 aromatic carbocycles. The van der Waals surface area contributed by atoms with E-state index in [0.717, 1.165) is 12.5 Å². The quantitative estimate of drug-likeness (QED) is 0.755. The zero-order chi connectivity index (χ0) is 11.2. The molecule has 1 aliphatic carbocycles. The predicted molar refractivity (Wildman–Crippen MR) is 69.3 cm³/mol. The Morgan fingerprint density at radius 2 is 2.06 bits per heavy atom. The zero-order valence-electron chi connectivity index (χ0n) is 10.0. The Balaban J connectivity index is 1.79. The van der Waals surface area contributed by atoms with Crippen LogP contribution in [0.4, 0.5) is 0 Å². The van der Waals surface area contributed by atoms with E-state index in [0.29, 0.717) is 6.04 Å². The van der Waals surface area contributed by atoms with E-state index < -0.39 is 0 Å². The molecule has 0 fully saturated rings. The number of allylic oxidation sites excluding steroid dienone is 2. The molecule has 0 aliphatic heterocycles. The highest BCUT2D eigenvalue weighted by Crippen LogP contribution is 2.19. The minimum atomic E-state index is 0.465. The molecule has 2 atom stereocenters. The van der Waals surface area contributed by atoms with Gasteiger partial charge >= 0.3 is 0 Å². The van der Waals surface area contributed by atoms with Gasteiger partial charge in [0.05, 0.1) is 0 Å². The lowest BCUT2D eigenvalue weighted by Crippen LogP contribution is -2.26. The molecular formula is C15H21N. The first kappa shape index (κ1) is 11.4. The normalized spacial score (nSPS) is 21.9. The summed E-state index contributed by atoms with van der Waals surface area (Å²) in [5, 5.41) is 3.63. The Hall–Kier alpha value is -1.08. The molecule has 0 saturated heterocycles. The van der Waals surface area contributed by atoms with Gasteiger partial charge in [0.1, 0.15) is 0 Å². The fourth-order valence-electron chi connectivity index (χ4n) is 2.24. The molecule has 16 heavy (non-hydrogen) atoms. The van der Waals surface area contributed by atoms with Gasteiger partial charge in [-0.3, -0.25) is 0 Å². The monoisotopic (exact) mass is 215 g/mol. The second-order valence-electron chi connectivity index (χ2n) is 4.69. The molecule has 0 amide bonds. The van der Waals surface area contributed by atoms with E-state index in [4.69, 9.17) is 0 Å². The minimum Gasteiger partial charge on any atom is -0.310 e. The molecule has 1 nitrogen and oxygen atoms in total. The topological polar surface area (TPSA) is 12.0 Å². The molecule has 1 aromatic rings. The van der Waals surface area contributed by atoms with Gasteiger partial charge in [-0.2, -0.15) is 0 Å². The standard InChI is InChI=1S/C15H21N/c1-13(15-10-6-3-7-11-15)16-12-14-8-4-2-5-9-14/h2-4,6-7,10-11,13-14,16H,5,8-9,12H2,1H3/t13-,14-/m1/s1. The maximum Gasteiger partial charge on any atom is 0.0291 e. The molecule has 1 heteroatoms. The number of benzene rings is 1. The molecule has 0 radical (unpaired) electrons.